The zero-order chi connectivity index (χ0) is 14.8. The van der Waals surface area contributed by atoms with Gasteiger partial charge in [0.25, 0.3) is 0 Å². The average Bonchev–Trinajstić information content (AvgIpc) is 2.38. The molecule has 108 valence electrons. The number of rotatable bonds is 5. The van der Waals surface area contributed by atoms with Crippen LogP contribution in [0.25, 0.3) is 0 Å². The van der Waals surface area contributed by atoms with Crippen molar-refractivity contribution in [3.05, 3.63) is 29.3 Å². The van der Waals surface area contributed by atoms with Gasteiger partial charge in [-0.05, 0) is 44.4 Å². The third-order valence-electron chi connectivity index (χ3n) is 3.79. The van der Waals surface area contributed by atoms with Gasteiger partial charge in [-0.3, -0.25) is 0 Å². The van der Waals surface area contributed by atoms with Crippen molar-refractivity contribution in [2.75, 3.05) is 7.05 Å². The number of hydrogen-bond acceptors (Lipinski definition) is 3. The number of aliphatic hydroxyl groups excluding tert-OH is 1. The molecule has 0 atom stereocenters. The molecule has 19 heavy (non-hydrogen) atoms. The Hall–Kier alpha value is -0.910. The van der Waals surface area contributed by atoms with Crippen molar-refractivity contribution >= 4 is 10.0 Å². The fourth-order valence-electron chi connectivity index (χ4n) is 1.72. The maximum atomic E-state index is 12.7. The molecule has 0 amide bonds. The van der Waals surface area contributed by atoms with E-state index < -0.39 is 15.6 Å². The van der Waals surface area contributed by atoms with E-state index in [2.05, 4.69) is 0 Å². The normalized spacial score (nSPS) is 13.0. The lowest BCUT2D eigenvalue weighted by Gasteiger charge is -2.34. The molecule has 0 unspecified atom stereocenters. The molecule has 1 aromatic carbocycles. The number of aryl methyl sites for hydroxylation is 1. The summed E-state index contributed by atoms with van der Waals surface area (Å²) < 4.78 is 26.7. The monoisotopic (exact) mass is 285 g/mol. The van der Waals surface area contributed by atoms with Gasteiger partial charge in [-0.25, -0.2) is 8.42 Å². The van der Waals surface area contributed by atoms with Crippen molar-refractivity contribution in [3.8, 4) is 0 Å². The largest absolute Gasteiger partial charge is 0.392 e. The lowest BCUT2D eigenvalue weighted by molar-refractivity contribution is 0.257. The minimum Gasteiger partial charge on any atom is -0.392 e. The van der Waals surface area contributed by atoms with Crippen LogP contribution in [0.4, 0.5) is 0 Å². The molecule has 0 bridgehead atoms. The first-order valence-electron chi connectivity index (χ1n) is 6.36. The van der Waals surface area contributed by atoms with Crippen molar-refractivity contribution in [2.24, 2.45) is 0 Å². The number of aliphatic hydroxyl groups is 1. The molecule has 0 aliphatic heterocycles. The van der Waals surface area contributed by atoms with Gasteiger partial charge in [0.2, 0.25) is 10.0 Å². The molecule has 0 saturated heterocycles. The first-order chi connectivity index (χ1) is 8.66. The quantitative estimate of drug-likeness (QED) is 0.903. The number of hydrogen-bond donors (Lipinski definition) is 1. The smallest absolute Gasteiger partial charge is 0.243 e. The van der Waals surface area contributed by atoms with Gasteiger partial charge in [0.05, 0.1) is 11.5 Å². The van der Waals surface area contributed by atoms with Gasteiger partial charge in [0.1, 0.15) is 0 Å². The van der Waals surface area contributed by atoms with Crippen LogP contribution in [0.3, 0.4) is 0 Å². The highest BCUT2D eigenvalue weighted by Crippen LogP contribution is 2.27. The highest BCUT2D eigenvalue weighted by molar-refractivity contribution is 7.89. The molecule has 1 aromatic rings. The van der Waals surface area contributed by atoms with Crippen molar-refractivity contribution in [1.29, 1.82) is 0 Å². The van der Waals surface area contributed by atoms with Crippen LogP contribution >= 0.6 is 0 Å². The first-order valence-corrected chi connectivity index (χ1v) is 7.80. The molecular weight excluding hydrogens is 262 g/mol. The van der Waals surface area contributed by atoms with E-state index in [1.165, 1.54) is 4.31 Å². The SMILES string of the molecule is CCC(C)(C)N(C)S(=O)(=O)c1cc(CO)ccc1C. The van der Waals surface area contributed by atoms with Gasteiger partial charge in [0.15, 0.2) is 0 Å². The molecule has 0 aromatic heterocycles. The van der Waals surface area contributed by atoms with Crippen LogP contribution < -0.4 is 0 Å². The predicted octanol–water partition coefficient (Wildman–Crippen LogP) is 2.30. The van der Waals surface area contributed by atoms with Gasteiger partial charge in [0, 0.05) is 12.6 Å². The molecule has 0 radical (unpaired) electrons. The Labute approximate surface area is 116 Å². The van der Waals surface area contributed by atoms with Gasteiger partial charge < -0.3 is 5.11 Å². The Balaban J connectivity index is 3.35. The summed E-state index contributed by atoms with van der Waals surface area (Å²) in [5.41, 5.74) is 0.850. The summed E-state index contributed by atoms with van der Waals surface area (Å²) in [5, 5.41) is 9.15. The Bertz CT molecular complexity index is 550. The number of nitrogens with zero attached hydrogens (tertiary/aromatic N) is 1. The van der Waals surface area contributed by atoms with Crippen molar-refractivity contribution in [3.63, 3.8) is 0 Å². The van der Waals surface area contributed by atoms with Crippen LogP contribution in [-0.2, 0) is 16.6 Å². The summed E-state index contributed by atoms with van der Waals surface area (Å²) in [6, 6.07) is 5.01. The lowest BCUT2D eigenvalue weighted by atomic mass is 10.0. The van der Waals surface area contributed by atoms with Crippen LogP contribution in [-0.4, -0.2) is 30.4 Å². The molecular formula is C14H23NO3S. The van der Waals surface area contributed by atoms with E-state index in [4.69, 9.17) is 5.11 Å². The lowest BCUT2D eigenvalue weighted by Crippen LogP contribution is -2.44. The highest BCUT2D eigenvalue weighted by Gasteiger charge is 2.33. The van der Waals surface area contributed by atoms with Crippen LogP contribution in [0.1, 0.15) is 38.3 Å². The first kappa shape index (κ1) is 16.1. The van der Waals surface area contributed by atoms with Crippen molar-refractivity contribution in [1.82, 2.24) is 4.31 Å². The van der Waals surface area contributed by atoms with Crippen LogP contribution in [0.15, 0.2) is 23.1 Å². The topological polar surface area (TPSA) is 57.6 Å². The van der Waals surface area contributed by atoms with Gasteiger partial charge >= 0.3 is 0 Å². The Kier molecular flexibility index (Phi) is 4.76. The molecule has 1 N–H and O–H groups in total. The second-order valence-electron chi connectivity index (χ2n) is 5.40. The Morgan fingerprint density at radius 1 is 1.32 bits per heavy atom. The molecule has 0 aliphatic carbocycles. The number of benzene rings is 1. The van der Waals surface area contributed by atoms with Crippen LogP contribution in [0.5, 0.6) is 0 Å². The fourth-order valence-corrected chi connectivity index (χ4v) is 3.57. The fraction of sp³-hybridized carbons (Fsp3) is 0.571. The predicted molar refractivity (Wildman–Crippen MR) is 76.4 cm³/mol. The van der Waals surface area contributed by atoms with Gasteiger partial charge in [-0.2, -0.15) is 4.31 Å². The number of sulfonamides is 1. The van der Waals surface area contributed by atoms with E-state index in [9.17, 15) is 8.42 Å². The Morgan fingerprint density at radius 2 is 1.89 bits per heavy atom. The third-order valence-corrected chi connectivity index (χ3v) is 6.00. The van der Waals surface area contributed by atoms with E-state index in [1.54, 1.807) is 32.2 Å². The maximum Gasteiger partial charge on any atom is 0.243 e. The summed E-state index contributed by atoms with van der Waals surface area (Å²) in [5.74, 6) is 0. The molecule has 4 nitrogen and oxygen atoms in total. The van der Waals surface area contributed by atoms with E-state index >= 15 is 0 Å². The molecule has 0 heterocycles. The summed E-state index contributed by atoms with van der Waals surface area (Å²) in [6.45, 7) is 7.36. The van der Waals surface area contributed by atoms with Crippen LogP contribution in [0, 0.1) is 6.92 Å². The molecule has 0 aliphatic rings. The summed E-state index contributed by atoms with van der Waals surface area (Å²) >= 11 is 0. The second-order valence-corrected chi connectivity index (χ2v) is 7.33. The standard InChI is InChI=1S/C14H23NO3S/c1-6-14(3,4)15(5)19(17,18)13-9-12(10-16)8-7-11(13)2/h7-9,16H,6,10H2,1-5H3. The minimum absolute atomic E-state index is 0.163. The minimum atomic E-state index is -3.55. The van der Waals surface area contributed by atoms with E-state index in [0.29, 0.717) is 11.1 Å². The molecule has 0 saturated carbocycles. The highest BCUT2D eigenvalue weighted by atomic mass is 32.2. The molecule has 1 rings (SSSR count). The van der Waals surface area contributed by atoms with Crippen LogP contribution in [0.2, 0.25) is 0 Å². The maximum absolute atomic E-state index is 12.7. The van der Waals surface area contributed by atoms with E-state index in [1.807, 2.05) is 20.8 Å². The van der Waals surface area contributed by atoms with E-state index in [-0.39, 0.29) is 11.5 Å². The third kappa shape index (κ3) is 3.16. The average molecular weight is 285 g/mol. The van der Waals surface area contributed by atoms with Crippen molar-refractivity contribution < 1.29 is 13.5 Å². The molecule has 5 heteroatoms. The zero-order valence-electron chi connectivity index (χ0n) is 12.3. The zero-order valence-corrected chi connectivity index (χ0v) is 13.1. The van der Waals surface area contributed by atoms with Gasteiger partial charge in [-0.15, -0.1) is 0 Å². The Morgan fingerprint density at radius 3 is 2.37 bits per heavy atom. The summed E-state index contributed by atoms with van der Waals surface area (Å²) in [7, 11) is -1.95. The molecule has 0 spiro atoms. The molecule has 0 fully saturated rings. The van der Waals surface area contributed by atoms with Gasteiger partial charge in [-0.1, -0.05) is 19.1 Å². The van der Waals surface area contributed by atoms with E-state index in [0.717, 1.165) is 6.42 Å². The summed E-state index contributed by atoms with van der Waals surface area (Å²) in [4.78, 5) is 0.267. The second kappa shape index (κ2) is 5.61. The summed E-state index contributed by atoms with van der Waals surface area (Å²) in [6.07, 6.45) is 0.724. The van der Waals surface area contributed by atoms with Crippen molar-refractivity contribution in [2.45, 2.75) is 51.2 Å².